The minimum Gasteiger partial charge on any atom is -0.467 e. The Morgan fingerprint density at radius 3 is 2.46 bits per heavy atom. The van der Waals surface area contributed by atoms with Gasteiger partial charge in [-0.05, 0) is 19.9 Å². The topological polar surface area (TPSA) is 163 Å². The molecule has 10 atom stereocenters. The van der Waals surface area contributed by atoms with Crippen LogP contribution < -0.4 is 0 Å². The van der Waals surface area contributed by atoms with E-state index in [9.17, 15) is 34.2 Å². The number of methoxy groups -OCH3 is 1. The number of carbonyl (C=O) groups is 5. The number of hydrogen-bond donors (Lipinski definition) is 2. The molecule has 5 rings (SSSR count). The first-order valence-electron chi connectivity index (χ1n) is 12.2. The lowest BCUT2D eigenvalue weighted by atomic mass is 9.40. The quantitative estimate of drug-likeness (QED) is 0.167. The monoisotopic (exact) mass is 518 g/mol. The van der Waals surface area contributed by atoms with Crippen LogP contribution in [0.4, 0.5) is 0 Å². The minimum atomic E-state index is -2.25. The van der Waals surface area contributed by atoms with Crippen LogP contribution in [0.25, 0.3) is 0 Å². The zero-order valence-electron chi connectivity index (χ0n) is 21.2. The molecule has 4 fully saturated rings. The number of carbonyl (C=O) groups excluding carboxylic acids is 5. The molecule has 2 heterocycles. The lowest BCUT2D eigenvalue weighted by Gasteiger charge is -2.65. The van der Waals surface area contributed by atoms with E-state index < -0.39 is 88.1 Å². The molecule has 2 saturated carbocycles. The molecule has 37 heavy (non-hydrogen) atoms. The molecule has 0 aromatic carbocycles. The van der Waals surface area contributed by atoms with Gasteiger partial charge < -0.3 is 29.2 Å². The largest absolute Gasteiger partial charge is 0.467 e. The zero-order chi connectivity index (χ0) is 27.2. The van der Waals surface area contributed by atoms with Gasteiger partial charge in [0, 0.05) is 29.7 Å². The zero-order valence-corrected chi connectivity index (χ0v) is 21.2. The molecule has 11 heteroatoms. The van der Waals surface area contributed by atoms with E-state index in [2.05, 4.69) is 0 Å². The first-order chi connectivity index (χ1) is 17.3. The Labute approximate surface area is 212 Å². The van der Waals surface area contributed by atoms with Gasteiger partial charge in [-0.25, -0.2) is 14.4 Å². The molecule has 200 valence electrons. The third kappa shape index (κ3) is 3.01. The maximum absolute atomic E-state index is 13.3. The van der Waals surface area contributed by atoms with Gasteiger partial charge in [-0.3, -0.25) is 9.59 Å². The summed E-state index contributed by atoms with van der Waals surface area (Å²) >= 11 is 0. The van der Waals surface area contributed by atoms with Gasteiger partial charge in [0.05, 0.1) is 31.2 Å². The highest BCUT2D eigenvalue weighted by Crippen LogP contribution is 2.71. The highest BCUT2D eigenvalue weighted by atomic mass is 16.6. The lowest BCUT2D eigenvalue weighted by Crippen LogP contribution is -2.78. The van der Waals surface area contributed by atoms with Gasteiger partial charge in [0.2, 0.25) is 17.5 Å². The van der Waals surface area contributed by atoms with Gasteiger partial charge in [-0.15, -0.1) is 0 Å². The number of rotatable bonds is 3. The first kappa shape index (κ1) is 25.7. The van der Waals surface area contributed by atoms with E-state index in [4.69, 9.17) is 18.9 Å². The van der Waals surface area contributed by atoms with Gasteiger partial charge >= 0.3 is 17.9 Å². The normalized spacial score (nSPS) is 45.6. The van der Waals surface area contributed by atoms with E-state index in [1.165, 1.54) is 6.08 Å². The Kier molecular flexibility index (Phi) is 5.60. The number of ketones is 2. The Bertz CT molecular complexity index is 1180. The van der Waals surface area contributed by atoms with Crippen molar-refractivity contribution in [2.45, 2.75) is 64.1 Å². The molecular weight excluding hydrogens is 488 g/mol. The third-order valence-electron chi connectivity index (χ3n) is 9.09. The van der Waals surface area contributed by atoms with Crippen molar-refractivity contribution in [3.8, 4) is 0 Å². The number of hydrogen-bond acceptors (Lipinski definition) is 11. The van der Waals surface area contributed by atoms with Crippen molar-refractivity contribution in [2.75, 3.05) is 13.7 Å². The van der Waals surface area contributed by atoms with Crippen molar-refractivity contribution in [3.63, 3.8) is 0 Å². The lowest BCUT2D eigenvalue weighted by molar-refractivity contribution is -0.267. The second kappa shape index (κ2) is 8.05. The molecule has 2 saturated heterocycles. The first-order valence-corrected chi connectivity index (χ1v) is 12.2. The summed E-state index contributed by atoms with van der Waals surface area (Å²) in [4.78, 5) is 64.6. The van der Waals surface area contributed by atoms with Crippen LogP contribution in [0.15, 0.2) is 23.3 Å². The Morgan fingerprint density at radius 1 is 1.16 bits per heavy atom. The summed E-state index contributed by atoms with van der Waals surface area (Å²) < 4.78 is 22.3. The highest BCUT2D eigenvalue weighted by molar-refractivity contribution is 6.39. The van der Waals surface area contributed by atoms with Crippen LogP contribution in [0.5, 0.6) is 0 Å². The smallest absolute Gasteiger partial charge is 0.348 e. The molecular formula is C26H30O11. The van der Waals surface area contributed by atoms with Crippen LogP contribution in [0.2, 0.25) is 0 Å². The molecule has 11 nitrogen and oxygen atoms in total. The standard InChI is InChI=1S/C26H30O11/c1-10(2)6-15(28)37-18-20-25-9-35-26(20,23(33)34-5)21(31)17(30)19(25)24(4)8-13(27)16(29)11(3)12(24)7-14(25)36-22(18)32/h6-7,11,14,17-21,30-31H,8-9H2,1-5H3/t11?,14-,17-,18-,19-,20-,21+,24+,25-,26-/m1/s1. The summed E-state index contributed by atoms with van der Waals surface area (Å²) in [5.41, 5.74) is -3.67. The van der Waals surface area contributed by atoms with Gasteiger partial charge in [0.15, 0.2) is 5.78 Å². The number of fused-ring (bicyclic) bond motifs is 2. The highest BCUT2D eigenvalue weighted by Gasteiger charge is 2.84. The van der Waals surface area contributed by atoms with Crippen LogP contribution in [0.1, 0.15) is 34.1 Å². The molecule has 0 amide bonds. The summed E-state index contributed by atoms with van der Waals surface area (Å²) in [6.45, 7) is 6.34. The fourth-order valence-electron chi connectivity index (χ4n) is 7.83. The fraction of sp³-hybridized carbons (Fsp3) is 0.654. The Balaban J connectivity index is 1.77. The number of Topliss-reactive ketones (excluding diaryl/α,β-unsaturated/α-hetero) is 2. The van der Waals surface area contributed by atoms with Crippen molar-refractivity contribution in [3.05, 3.63) is 23.3 Å². The average molecular weight is 519 g/mol. The number of aliphatic hydroxyl groups is 2. The molecule has 1 unspecified atom stereocenters. The predicted octanol–water partition coefficient (Wildman–Crippen LogP) is -0.190. The van der Waals surface area contributed by atoms with Crippen molar-refractivity contribution < 1.29 is 53.1 Å². The van der Waals surface area contributed by atoms with Crippen LogP contribution >= 0.6 is 0 Å². The average Bonchev–Trinajstić information content (AvgIpc) is 3.12. The summed E-state index contributed by atoms with van der Waals surface area (Å²) in [5.74, 6) is -7.23. The Hall–Kier alpha value is -2.89. The van der Waals surface area contributed by atoms with Crippen LogP contribution in [-0.2, 0) is 42.9 Å². The van der Waals surface area contributed by atoms with Crippen LogP contribution in [0, 0.1) is 28.6 Å². The number of esters is 3. The van der Waals surface area contributed by atoms with Gasteiger partial charge in [-0.2, -0.15) is 0 Å². The SMILES string of the molecule is COC(=O)[C@]12OC[C@@]34[C@@H](C=C5C(C)C(=O)C(=O)C[C@]5(C)[C@H]3[C@@H](O)[C@@H]1O)OC(=O)[C@H](OC(=O)C=C(C)C)[C@@H]24. The third-order valence-corrected chi connectivity index (χ3v) is 9.09. The van der Waals surface area contributed by atoms with E-state index in [1.54, 1.807) is 33.8 Å². The molecule has 2 N–H and O–H groups in total. The molecule has 5 aliphatic rings. The van der Waals surface area contributed by atoms with Crippen LogP contribution in [-0.4, -0.2) is 83.4 Å². The summed E-state index contributed by atoms with van der Waals surface area (Å²) in [7, 11) is 1.08. The molecule has 1 spiro atoms. The number of ether oxygens (including phenoxy) is 4. The van der Waals surface area contributed by atoms with E-state index in [1.807, 2.05) is 0 Å². The second-order valence-corrected chi connectivity index (χ2v) is 11.2. The molecule has 0 aromatic rings. The number of aliphatic hydroxyl groups excluding tert-OH is 2. The fourth-order valence-corrected chi connectivity index (χ4v) is 7.83. The molecule has 3 aliphatic carbocycles. The second-order valence-electron chi connectivity index (χ2n) is 11.2. The summed E-state index contributed by atoms with van der Waals surface area (Å²) in [6, 6.07) is 0. The molecule has 0 radical (unpaired) electrons. The van der Waals surface area contributed by atoms with Gasteiger partial charge in [-0.1, -0.05) is 25.0 Å². The summed E-state index contributed by atoms with van der Waals surface area (Å²) in [6.07, 6.45) is -3.78. The maximum atomic E-state index is 13.3. The minimum absolute atomic E-state index is 0.251. The van der Waals surface area contributed by atoms with Crippen molar-refractivity contribution in [1.82, 2.24) is 0 Å². The maximum Gasteiger partial charge on any atom is 0.348 e. The van der Waals surface area contributed by atoms with Gasteiger partial charge in [0.1, 0.15) is 12.2 Å². The predicted molar refractivity (Wildman–Crippen MR) is 121 cm³/mol. The van der Waals surface area contributed by atoms with E-state index >= 15 is 0 Å². The van der Waals surface area contributed by atoms with Crippen molar-refractivity contribution in [2.24, 2.45) is 28.6 Å². The molecule has 2 bridgehead atoms. The van der Waals surface area contributed by atoms with E-state index in [-0.39, 0.29) is 13.0 Å². The van der Waals surface area contributed by atoms with Crippen molar-refractivity contribution in [1.29, 1.82) is 0 Å². The number of allylic oxidation sites excluding steroid dienone is 2. The summed E-state index contributed by atoms with van der Waals surface area (Å²) in [5, 5.41) is 23.1. The molecule has 0 aromatic heterocycles. The van der Waals surface area contributed by atoms with Crippen LogP contribution in [0.3, 0.4) is 0 Å². The van der Waals surface area contributed by atoms with E-state index in [0.717, 1.165) is 7.11 Å². The van der Waals surface area contributed by atoms with Gasteiger partial charge in [0.25, 0.3) is 0 Å². The Morgan fingerprint density at radius 2 is 1.84 bits per heavy atom. The van der Waals surface area contributed by atoms with E-state index in [0.29, 0.717) is 11.1 Å². The van der Waals surface area contributed by atoms with Crippen molar-refractivity contribution >= 4 is 29.5 Å². The molecule has 2 aliphatic heterocycles.